The quantitative estimate of drug-likeness (QED) is 0.602. The summed E-state index contributed by atoms with van der Waals surface area (Å²) in [6.07, 6.45) is 0. The number of aromatic hydroxyl groups is 2. The van der Waals surface area contributed by atoms with Crippen molar-refractivity contribution in [2.24, 2.45) is 10.2 Å². The Kier molecular flexibility index (Phi) is 3.69. The molecule has 5 heteroatoms. The zero-order valence-corrected chi connectivity index (χ0v) is 12.5. The average molecular weight is 313 g/mol. The Bertz CT molecular complexity index is 891. The number of rotatable bonds is 2. The van der Waals surface area contributed by atoms with Gasteiger partial charge in [0.25, 0.3) is 0 Å². The highest BCUT2D eigenvalue weighted by Crippen LogP contribution is 2.39. The molecule has 110 valence electrons. The fourth-order valence-corrected chi connectivity index (χ4v) is 2.51. The van der Waals surface area contributed by atoms with Crippen molar-refractivity contribution in [3.05, 3.63) is 59.1 Å². The molecule has 2 N–H and O–H groups in total. The van der Waals surface area contributed by atoms with Gasteiger partial charge in [-0.1, -0.05) is 41.9 Å². The zero-order chi connectivity index (χ0) is 15.7. The summed E-state index contributed by atoms with van der Waals surface area (Å²) in [5, 5.41) is 30.0. The summed E-state index contributed by atoms with van der Waals surface area (Å²) in [6, 6.07) is 14.2. The minimum absolute atomic E-state index is 0.0284. The van der Waals surface area contributed by atoms with Crippen molar-refractivity contribution in [3.8, 4) is 11.5 Å². The number of aryl methyl sites for hydroxylation is 1. The van der Waals surface area contributed by atoms with Gasteiger partial charge in [-0.25, -0.2) is 0 Å². The van der Waals surface area contributed by atoms with E-state index in [1.54, 1.807) is 18.2 Å². The van der Waals surface area contributed by atoms with Crippen molar-refractivity contribution < 1.29 is 10.2 Å². The van der Waals surface area contributed by atoms with Crippen LogP contribution in [-0.4, -0.2) is 10.2 Å². The van der Waals surface area contributed by atoms with Gasteiger partial charge in [0.05, 0.1) is 5.02 Å². The van der Waals surface area contributed by atoms with E-state index in [4.69, 9.17) is 11.6 Å². The number of hydrogen-bond donors (Lipinski definition) is 2. The third-order valence-electron chi connectivity index (χ3n) is 3.32. The van der Waals surface area contributed by atoms with E-state index in [-0.39, 0.29) is 22.2 Å². The number of phenols is 2. The number of halogens is 1. The molecule has 22 heavy (non-hydrogen) atoms. The van der Waals surface area contributed by atoms with Gasteiger partial charge in [-0.2, -0.15) is 0 Å². The molecule has 3 rings (SSSR count). The molecule has 4 nitrogen and oxygen atoms in total. The first-order valence-electron chi connectivity index (χ1n) is 6.68. The minimum Gasteiger partial charge on any atom is -0.506 e. The normalized spacial score (nSPS) is 11.4. The van der Waals surface area contributed by atoms with E-state index in [0.29, 0.717) is 5.69 Å². The summed E-state index contributed by atoms with van der Waals surface area (Å²) < 4.78 is 0. The van der Waals surface area contributed by atoms with Crippen molar-refractivity contribution in [2.75, 3.05) is 0 Å². The Morgan fingerprint density at radius 1 is 0.955 bits per heavy atom. The molecule has 0 heterocycles. The standard InChI is InChI=1S/C17H13ClN2O2/c1-10-8-13(18)17(22)14(9-10)19-20-16-12-5-3-2-4-11(12)6-7-15(16)21/h2-9,21-22H,1H3. The van der Waals surface area contributed by atoms with Gasteiger partial charge in [-0.05, 0) is 36.1 Å². The molecule has 0 saturated carbocycles. The van der Waals surface area contributed by atoms with E-state index in [1.165, 1.54) is 0 Å². The highest BCUT2D eigenvalue weighted by atomic mass is 35.5. The van der Waals surface area contributed by atoms with Gasteiger partial charge >= 0.3 is 0 Å². The smallest absolute Gasteiger partial charge is 0.161 e. The van der Waals surface area contributed by atoms with Crippen molar-refractivity contribution in [2.45, 2.75) is 6.92 Å². The molecule has 3 aromatic rings. The van der Waals surface area contributed by atoms with Gasteiger partial charge in [0.1, 0.15) is 17.1 Å². The number of phenolic OH excluding ortho intramolecular Hbond substituents is 2. The van der Waals surface area contributed by atoms with E-state index in [2.05, 4.69) is 10.2 Å². The van der Waals surface area contributed by atoms with Gasteiger partial charge in [-0.15, -0.1) is 10.2 Å². The molecule has 0 bridgehead atoms. The van der Waals surface area contributed by atoms with Crippen LogP contribution in [0.15, 0.2) is 58.8 Å². The van der Waals surface area contributed by atoms with E-state index in [9.17, 15) is 10.2 Å². The molecule has 0 spiro atoms. The van der Waals surface area contributed by atoms with Crippen molar-refractivity contribution in [1.82, 2.24) is 0 Å². The predicted octanol–water partition coefficient (Wildman–Crippen LogP) is 5.63. The summed E-state index contributed by atoms with van der Waals surface area (Å²) >= 11 is 5.93. The fraction of sp³-hybridized carbons (Fsp3) is 0.0588. The average Bonchev–Trinajstić information content (AvgIpc) is 2.50. The molecule has 0 aliphatic carbocycles. The second-order valence-electron chi connectivity index (χ2n) is 4.97. The molecule has 3 aromatic carbocycles. The molecular formula is C17H13ClN2O2. The van der Waals surface area contributed by atoms with Gasteiger partial charge in [0.2, 0.25) is 0 Å². The van der Waals surface area contributed by atoms with Crippen LogP contribution in [0.3, 0.4) is 0 Å². The molecule has 0 aliphatic rings. The summed E-state index contributed by atoms with van der Waals surface area (Å²) in [7, 11) is 0. The molecule has 0 saturated heterocycles. The van der Waals surface area contributed by atoms with Crippen LogP contribution < -0.4 is 0 Å². The number of azo groups is 1. The monoisotopic (exact) mass is 312 g/mol. The van der Waals surface area contributed by atoms with Gasteiger partial charge in [0.15, 0.2) is 5.75 Å². The molecule has 0 aliphatic heterocycles. The van der Waals surface area contributed by atoms with Crippen LogP contribution in [0.5, 0.6) is 11.5 Å². The Hall–Kier alpha value is -2.59. The first-order chi connectivity index (χ1) is 10.6. The maximum absolute atomic E-state index is 10.0. The summed E-state index contributed by atoms with van der Waals surface area (Å²) in [6.45, 7) is 1.85. The maximum atomic E-state index is 10.0. The molecule has 0 aromatic heterocycles. The van der Waals surface area contributed by atoms with Crippen molar-refractivity contribution >= 4 is 33.7 Å². The lowest BCUT2D eigenvalue weighted by Crippen LogP contribution is -1.77. The molecule has 0 atom stereocenters. The van der Waals surface area contributed by atoms with E-state index >= 15 is 0 Å². The molecular weight excluding hydrogens is 300 g/mol. The summed E-state index contributed by atoms with van der Waals surface area (Å²) in [5.41, 5.74) is 1.48. The topological polar surface area (TPSA) is 65.2 Å². The maximum Gasteiger partial charge on any atom is 0.161 e. The highest BCUT2D eigenvalue weighted by Gasteiger charge is 2.09. The number of benzene rings is 3. The van der Waals surface area contributed by atoms with E-state index in [1.807, 2.05) is 37.3 Å². The van der Waals surface area contributed by atoms with Crippen LogP contribution in [-0.2, 0) is 0 Å². The van der Waals surface area contributed by atoms with Crippen LogP contribution >= 0.6 is 11.6 Å². The first kappa shape index (κ1) is 14.4. The van der Waals surface area contributed by atoms with Crippen LogP contribution in [0, 0.1) is 6.92 Å². The molecule has 0 fully saturated rings. The highest BCUT2D eigenvalue weighted by molar-refractivity contribution is 6.32. The van der Waals surface area contributed by atoms with E-state index < -0.39 is 0 Å². The molecule has 0 unspecified atom stereocenters. The predicted molar refractivity (Wildman–Crippen MR) is 87.6 cm³/mol. The summed E-state index contributed by atoms with van der Waals surface area (Å²) in [4.78, 5) is 0. The third-order valence-corrected chi connectivity index (χ3v) is 3.61. The fourth-order valence-electron chi connectivity index (χ4n) is 2.25. The minimum atomic E-state index is -0.129. The summed E-state index contributed by atoms with van der Waals surface area (Å²) in [5.74, 6) is -0.101. The third kappa shape index (κ3) is 2.61. The van der Waals surface area contributed by atoms with Crippen LogP contribution in [0.1, 0.15) is 5.56 Å². The Morgan fingerprint density at radius 3 is 2.55 bits per heavy atom. The van der Waals surface area contributed by atoms with Gasteiger partial charge in [-0.3, -0.25) is 0 Å². The molecule has 0 radical (unpaired) electrons. The van der Waals surface area contributed by atoms with Crippen molar-refractivity contribution in [3.63, 3.8) is 0 Å². The van der Waals surface area contributed by atoms with Crippen LogP contribution in [0.2, 0.25) is 5.02 Å². The zero-order valence-electron chi connectivity index (χ0n) is 11.8. The largest absolute Gasteiger partial charge is 0.506 e. The van der Waals surface area contributed by atoms with Crippen LogP contribution in [0.25, 0.3) is 10.8 Å². The number of nitrogens with zero attached hydrogens (tertiary/aromatic N) is 2. The Labute approximate surface area is 132 Å². The second-order valence-corrected chi connectivity index (χ2v) is 5.38. The van der Waals surface area contributed by atoms with Gasteiger partial charge in [0, 0.05) is 5.39 Å². The van der Waals surface area contributed by atoms with E-state index in [0.717, 1.165) is 16.3 Å². The second kappa shape index (κ2) is 5.66. The molecule has 0 amide bonds. The lowest BCUT2D eigenvalue weighted by atomic mass is 10.1. The number of fused-ring (bicyclic) bond motifs is 1. The first-order valence-corrected chi connectivity index (χ1v) is 7.05. The van der Waals surface area contributed by atoms with Crippen LogP contribution in [0.4, 0.5) is 11.4 Å². The SMILES string of the molecule is Cc1cc(Cl)c(O)c(N=Nc2c(O)ccc3ccccc23)c1. The van der Waals surface area contributed by atoms with Gasteiger partial charge < -0.3 is 10.2 Å². The lowest BCUT2D eigenvalue weighted by molar-refractivity contribution is 0.474. The Morgan fingerprint density at radius 2 is 1.73 bits per heavy atom. The van der Waals surface area contributed by atoms with Crippen molar-refractivity contribution in [1.29, 1.82) is 0 Å². The Balaban J connectivity index is 2.12. The lowest BCUT2D eigenvalue weighted by Gasteiger charge is -2.05. The number of hydrogen-bond acceptors (Lipinski definition) is 4.